The van der Waals surface area contributed by atoms with Gasteiger partial charge in [-0.15, -0.1) is 0 Å². The molecule has 2 unspecified atom stereocenters. The van der Waals surface area contributed by atoms with Crippen LogP contribution >= 0.6 is 0 Å². The highest BCUT2D eigenvalue weighted by Crippen LogP contribution is 2.32. The lowest BCUT2D eigenvalue weighted by molar-refractivity contribution is 0.0696. The number of aliphatic hydroxyl groups excluding tert-OH is 1. The maximum Gasteiger partial charge on any atom is 0.335 e. The second-order valence-electron chi connectivity index (χ2n) is 5.30. The zero-order valence-electron chi connectivity index (χ0n) is 10.7. The van der Waals surface area contributed by atoms with Gasteiger partial charge in [-0.05, 0) is 61.8 Å². The molecule has 1 aromatic carbocycles. The van der Waals surface area contributed by atoms with E-state index in [0.717, 1.165) is 43.2 Å². The topological polar surface area (TPSA) is 57.5 Å². The van der Waals surface area contributed by atoms with E-state index in [0.29, 0.717) is 11.5 Å². The number of benzene rings is 1. The van der Waals surface area contributed by atoms with Crippen molar-refractivity contribution in [3.8, 4) is 0 Å². The van der Waals surface area contributed by atoms with Crippen LogP contribution in [0.1, 0.15) is 59.5 Å². The molecule has 98 valence electrons. The van der Waals surface area contributed by atoms with Gasteiger partial charge in [-0.25, -0.2) is 4.79 Å². The zero-order chi connectivity index (χ0) is 13.1. The van der Waals surface area contributed by atoms with Crippen molar-refractivity contribution in [2.24, 2.45) is 0 Å². The molecule has 3 heteroatoms. The SMILES string of the molecule is Cc1cc(C(=O)O)cc(C2CCCC(O)CC2)c1. The van der Waals surface area contributed by atoms with E-state index in [9.17, 15) is 9.90 Å². The van der Waals surface area contributed by atoms with Crippen LogP contribution in [-0.4, -0.2) is 22.3 Å². The van der Waals surface area contributed by atoms with Crippen LogP contribution in [-0.2, 0) is 0 Å². The Morgan fingerprint density at radius 3 is 2.67 bits per heavy atom. The van der Waals surface area contributed by atoms with E-state index in [4.69, 9.17) is 5.11 Å². The van der Waals surface area contributed by atoms with Crippen molar-refractivity contribution in [1.82, 2.24) is 0 Å². The van der Waals surface area contributed by atoms with Gasteiger partial charge in [0.05, 0.1) is 11.7 Å². The van der Waals surface area contributed by atoms with Crippen LogP contribution in [0.2, 0.25) is 0 Å². The molecule has 2 N–H and O–H groups in total. The van der Waals surface area contributed by atoms with Gasteiger partial charge in [0.15, 0.2) is 0 Å². The molecule has 1 aromatic rings. The molecule has 2 rings (SSSR count). The largest absolute Gasteiger partial charge is 0.478 e. The highest BCUT2D eigenvalue weighted by molar-refractivity contribution is 5.88. The Morgan fingerprint density at radius 1 is 1.17 bits per heavy atom. The number of hydrogen-bond acceptors (Lipinski definition) is 2. The van der Waals surface area contributed by atoms with Crippen molar-refractivity contribution in [2.45, 2.75) is 51.0 Å². The van der Waals surface area contributed by atoms with Crippen molar-refractivity contribution in [1.29, 1.82) is 0 Å². The summed E-state index contributed by atoms with van der Waals surface area (Å²) in [4.78, 5) is 11.1. The van der Waals surface area contributed by atoms with Gasteiger partial charge in [0.2, 0.25) is 0 Å². The fraction of sp³-hybridized carbons (Fsp3) is 0.533. The third kappa shape index (κ3) is 3.10. The van der Waals surface area contributed by atoms with Crippen LogP contribution in [0.25, 0.3) is 0 Å². The summed E-state index contributed by atoms with van der Waals surface area (Å²) in [5, 5.41) is 18.7. The summed E-state index contributed by atoms with van der Waals surface area (Å²) in [7, 11) is 0. The van der Waals surface area contributed by atoms with Gasteiger partial charge in [0.25, 0.3) is 0 Å². The van der Waals surface area contributed by atoms with Crippen molar-refractivity contribution >= 4 is 5.97 Å². The van der Waals surface area contributed by atoms with E-state index in [1.54, 1.807) is 12.1 Å². The summed E-state index contributed by atoms with van der Waals surface area (Å²) in [5.74, 6) is -0.478. The number of hydrogen-bond donors (Lipinski definition) is 2. The Hall–Kier alpha value is -1.35. The number of carboxylic acid groups (broad SMARTS) is 1. The maximum absolute atomic E-state index is 11.1. The second-order valence-corrected chi connectivity index (χ2v) is 5.30. The molecule has 0 amide bonds. The van der Waals surface area contributed by atoms with Gasteiger partial charge in [-0.2, -0.15) is 0 Å². The number of carboxylic acids is 1. The molecule has 18 heavy (non-hydrogen) atoms. The predicted octanol–water partition coefficient (Wildman–Crippen LogP) is 3.10. The Kier molecular flexibility index (Phi) is 4.02. The van der Waals surface area contributed by atoms with Crippen molar-refractivity contribution in [3.05, 3.63) is 34.9 Å². The van der Waals surface area contributed by atoms with Crippen LogP contribution < -0.4 is 0 Å². The Labute approximate surface area is 107 Å². The highest BCUT2D eigenvalue weighted by Gasteiger charge is 2.19. The Bertz CT molecular complexity index is 439. The second kappa shape index (κ2) is 5.53. The van der Waals surface area contributed by atoms with Gasteiger partial charge in [0, 0.05) is 0 Å². The molecule has 1 fully saturated rings. The summed E-state index contributed by atoms with van der Waals surface area (Å²) >= 11 is 0. The van der Waals surface area contributed by atoms with Crippen LogP contribution in [0.15, 0.2) is 18.2 Å². The van der Waals surface area contributed by atoms with E-state index in [1.165, 1.54) is 0 Å². The fourth-order valence-corrected chi connectivity index (χ4v) is 2.79. The third-order valence-corrected chi connectivity index (χ3v) is 3.76. The first-order chi connectivity index (χ1) is 8.56. The molecule has 2 atom stereocenters. The third-order valence-electron chi connectivity index (χ3n) is 3.76. The Morgan fingerprint density at radius 2 is 1.94 bits per heavy atom. The zero-order valence-corrected chi connectivity index (χ0v) is 10.7. The average molecular weight is 248 g/mol. The van der Waals surface area contributed by atoms with E-state index in [1.807, 2.05) is 6.92 Å². The normalized spacial score (nSPS) is 24.6. The predicted molar refractivity (Wildman–Crippen MR) is 70.0 cm³/mol. The van der Waals surface area contributed by atoms with Gasteiger partial charge < -0.3 is 10.2 Å². The molecule has 0 saturated heterocycles. The van der Waals surface area contributed by atoms with Gasteiger partial charge in [0.1, 0.15) is 0 Å². The molecule has 1 saturated carbocycles. The minimum atomic E-state index is -0.867. The molecule has 1 aliphatic carbocycles. The van der Waals surface area contributed by atoms with Gasteiger partial charge in [-0.1, -0.05) is 12.5 Å². The summed E-state index contributed by atoms with van der Waals surface area (Å²) in [6.07, 6.45) is 4.51. The fourth-order valence-electron chi connectivity index (χ4n) is 2.79. The average Bonchev–Trinajstić information content (AvgIpc) is 2.53. The molecule has 0 aliphatic heterocycles. The van der Waals surface area contributed by atoms with Crippen LogP contribution in [0.4, 0.5) is 0 Å². The first-order valence-electron chi connectivity index (χ1n) is 6.59. The first kappa shape index (κ1) is 13.1. The summed E-state index contributed by atoms with van der Waals surface area (Å²) in [5.41, 5.74) is 2.48. The molecular formula is C15H20O3. The van der Waals surface area contributed by atoms with Crippen LogP contribution in [0.3, 0.4) is 0 Å². The molecule has 0 spiro atoms. The van der Waals surface area contributed by atoms with Crippen LogP contribution in [0.5, 0.6) is 0 Å². The van der Waals surface area contributed by atoms with Crippen LogP contribution in [0, 0.1) is 6.92 Å². The molecule has 0 radical (unpaired) electrons. The number of aromatic carboxylic acids is 1. The van der Waals surface area contributed by atoms with E-state index in [-0.39, 0.29) is 6.10 Å². The monoisotopic (exact) mass is 248 g/mol. The minimum Gasteiger partial charge on any atom is -0.478 e. The van der Waals surface area contributed by atoms with Gasteiger partial charge in [-0.3, -0.25) is 0 Å². The summed E-state index contributed by atoms with van der Waals surface area (Å²) < 4.78 is 0. The smallest absolute Gasteiger partial charge is 0.335 e. The quantitative estimate of drug-likeness (QED) is 0.791. The summed E-state index contributed by atoms with van der Waals surface area (Å²) in [6, 6.07) is 5.57. The maximum atomic E-state index is 11.1. The molecule has 1 aliphatic rings. The lowest BCUT2D eigenvalue weighted by Gasteiger charge is -2.16. The standard InChI is InChI=1S/C15H20O3/c1-10-7-12(9-13(8-10)15(17)18)11-3-2-4-14(16)6-5-11/h7-9,11,14,16H,2-6H2,1H3,(H,17,18). The molecule has 0 bridgehead atoms. The molecule has 0 heterocycles. The van der Waals surface area contributed by atoms with Gasteiger partial charge >= 0.3 is 5.97 Å². The number of aryl methyl sites for hydroxylation is 1. The van der Waals surface area contributed by atoms with E-state index >= 15 is 0 Å². The van der Waals surface area contributed by atoms with Crippen molar-refractivity contribution < 1.29 is 15.0 Å². The molecule has 3 nitrogen and oxygen atoms in total. The van der Waals surface area contributed by atoms with Crippen molar-refractivity contribution in [3.63, 3.8) is 0 Å². The lowest BCUT2D eigenvalue weighted by Crippen LogP contribution is -2.05. The number of aliphatic hydroxyl groups is 1. The molecule has 0 aromatic heterocycles. The highest BCUT2D eigenvalue weighted by atomic mass is 16.4. The lowest BCUT2D eigenvalue weighted by atomic mass is 9.89. The Balaban J connectivity index is 2.24. The van der Waals surface area contributed by atoms with E-state index < -0.39 is 5.97 Å². The minimum absolute atomic E-state index is 0.182. The number of rotatable bonds is 2. The summed E-state index contributed by atoms with van der Waals surface area (Å²) in [6.45, 7) is 1.93. The van der Waals surface area contributed by atoms with E-state index in [2.05, 4.69) is 6.07 Å². The molecular weight excluding hydrogens is 228 g/mol. The number of carbonyl (C=O) groups is 1. The van der Waals surface area contributed by atoms with Crippen molar-refractivity contribution in [2.75, 3.05) is 0 Å². The first-order valence-corrected chi connectivity index (χ1v) is 6.59.